The summed E-state index contributed by atoms with van der Waals surface area (Å²) in [5, 5.41) is 0. The summed E-state index contributed by atoms with van der Waals surface area (Å²) in [7, 11) is 1.18. The predicted octanol–water partition coefficient (Wildman–Crippen LogP) is 1.88. The maximum absolute atomic E-state index is 13.3. The van der Waals surface area contributed by atoms with Crippen LogP contribution >= 0.6 is 0 Å². The summed E-state index contributed by atoms with van der Waals surface area (Å²) in [4.78, 5) is 22.2. The first-order valence-electron chi connectivity index (χ1n) is 4.52. The van der Waals surface area contributed by atoms with Crippen molar-refractivity contribution in [3.8, 4) is 0 Å². The molecule has 5 heteroatoms. The van der Waals surface area contributed by atoms with Gasteiger partial charge in [0.05, 0.1) is 19.1 Å². The zero-order valence-electron chi connectivity index (χ0n) is 8.84. The highest BCUT2D eigenvalue weighted by molar-refractivity contribution is 5.96. The van der Waals surface area contributed by atoms with Gasteiger partial charge in [0.25, 0.3) is 0 Å². The number of ketones is 1. The second-order valence-electron chi connectivity index (χ2n) is 3.20. The topological polar surface area (TPSA) is 43.4 Å². The van der Waals surface area contributed by atoms with E-state index < -0.39 is 29.0 Å². The van der Waals surface area contributed by atoms with Gasteiger partial charge < -0.3 is 4.74 Å². The van der Waals surface area contributed by atoms with E-state index in [9.17, 15) is 18.4 Å². The van der Waals surface area contributed by atoms with Crippen molar-refractivity contribution in [2.75, 3.05) is 7.11 Å². The normalized spacial score (nSPS) is 10.0. The minimum absolute atomic E-state index is 0.123. The smallest absolute Gasteiger partial charge is 0.310 e. The number of hydrogen-bond acceptors (Lipinski definition) is 3. The largest absolute Gasteiger partial charge is 0.469 e. The van der Waals surface area contributed by atoms with Gasteiger partial charge in [-0.3, -0.25) is 9.59 Å². The maximum Gasteiger partial charge on any atom is 0.310 e. The summed E-state index contributed by atoms with van der Waals surface area (Å²) >= 11 is 0. The van der Waals surface area contributed by atoms with E-state index in [1.165, 1.54) is 13.2 Å². The Balaban J connectivity index is 3.23. The number of ether oxygens (including phenoxy) is 1. The molecule has 0 N–H and O–H groups in total. The van der Waals surface area contributed by atoms with Crippen molar-refractivity contribution in [3.63, 3.8) is 0 Å². The van der Waals surface area contributed by atoms with Crippen LogP contribution in [0.1, 0.15) is 22.8 Å². The van der Waals surface area contributed by atoms with Crippen LogP contribution in [0.25, 0.3) is 0 Å². The molecule has 0 unspecified atom stereocenters. The minimum atomic E-state index is -1.23. The molecule has 0 saturated heterocycles. The summed E-state index contributed by atoms with van der Waals surface area (Å²) in [5.74, 6) is -3.59. The Morgan fingerprint density at radius 1 is 1.31 bits per heavy atom. The third-order valence-electron chi connectivity index (χ3n) is 2.10. The molecule has 0 bridgehead atoms. The molecule has 86 valence electrons. The quantitative estimate of drug-likeness (QED) is 0.586. The van der Waals surface area contributed by atoms with Gasteiger partial charge in [0.15, 0.2) is 17.4 Å². The monoisotopic (exact) mass is 228 g/mol. The number of rotatable bonds is 3. The van der Waals surface area contributed by atoms with E-state index in [1.54, 1.807) is 0 Å². The van der Waals surface area contributed by atoms with Crippen LogP contribution in [0.3, 0.4) is 0 Å². The summed E-state index contributed by atoms with van der Waals surface area (Å²) in [6.07, 6.45) is -0.261. The molecule has 0 aromatic heterocycles. The van der Waals surface area contributed by atoms with Gasteiger partial charge in [-0.15, -0.1) is 0 Å². The molecular formula is C11H10F2O3. The minimum Gasteiger partial charge on any atom is -0.469 e. The molecule has 1 rings (SSSR count). The highest BCUT2D eigenvalue weighted by Gasteiger charge is 2.19. The van der Waals surface area contributed by atoms with Gasteiger partial charge >= 0.3 is 5.97 Å². The van der Waals surface area contributed by atoms with Gasteiger partial charge in [-0.2, -0.15) is 0 Å². The van der Waals surface area contributed by atoms with Crippen molar-refractivity contribution in [2.45, 2.75) is 13.3 Å². The average Bonchev–Trinajstić information content (AvgIpc) is 2.23. The molecule has 0 saturated carbocycles. The number of Topliss-reactive ketones (excluding diaryl/α,β-unsaturated/α-hetero) is 1. The summed E-state index contributed by atoms with van der Waals surface area (Å²) in [6, 6.07) is 2.08. The van der Waals surface area contributed by atoms with Crippen LogP contribution in [-0.4, -0.2) is 18.9 Å². The van der Waals surface area contributed by atoms with Crippen molar-refractivity contribution >= 4 is 11.8 Å². The second kappa shape index (κ2) is 4.83. The molecule has 0 radical (unpaired) electrons. The van der Waals surface area contributed by atoms with Crippen molar-refractivity contribution in [3.05, 3.63) is 34.9 Å². The molecule has 0 heterocycles. The van der Waals surface area contributed by atoms with E-state index in [2.05, 4.69) is 4.74 Å². The van der Waals surface area contributed by atoms with Crippen LogP contribution in [0, 0.1) is 11.6 Å². The fourth-order valence-electron chi connectivity index (χ4n) is 1.35. The SMILES string of the molecule is COC(=O)Cc1ccc(F)c(F)c1C(C)=O. The lowest BCUT2D eigenvalue weighted by atomic mass is 10.0. The Morgan fingerprint density at radius 2 is 1.94 bits per heavy atom. The Morgan fingerprint density at radius 3 is 2.44 bits per heavy atom. The van der Waals surface area contributed by atoms with Crippen LogP contribution in [0.5, 0.6) is 0 Å². The Bertz CT molecular complexity index is 441. The molecule has 0 aliphatic rings. The number of methoxy groups -OCH3 is 1. The summed E-state index contributed by atoms with van der Waals surface area (Å²) in [6.45, 7) is 1.11. The average molecular weight is 228 g/mol. The number of benzene rings is 1. The molecular weight excluding hydrogens is 218 g/mol. The zero-order chi connectivity index (χ0) is 12.3. The second-order valence-corrected chi connectivity index (χ2v) is 3.20. The van der Waals surface area contributed by atoms with Gasteiger partial charge in [-0.1, -0.05) is 6.07 Å². The van der Waals surface area contributed by atoms with E-state index in [-0.39, 0.29) is 12.0 Å². The molecule has 0 spiro atoms. The molecule has 0 aliphatic heterocycles. The fraction of sp³-hybridized carbons (Fsp3) is 0.273. The lowest BCUT2D eigenvalue weighted by Crippen LogP contribution is -2.11. The lowest BCUT2D eigenvalue weighted by Gasteiger charge is -2.07. The maximum atomic E-state index is 13.3. The van der Waals surface area contributed by atoms with Gasteiger partial charge in [0.2, 0.25) is 0 Å². The third kappa shape index (κ3) is 2.42. The van der Waals surface area contributed by atoms with Gasteiger partial charge in [0.1, 0.15) is 0 Å². The zero-order valence-corrected chi connectivity index (χ0v) is 8.84. The predicted molar refractivity (Wildman–Crippen MR) is 52.1 cm³/mol. The van der Waals surface area contributed by atoms with E-state index >= 15 is 0 Å². The molecule has 3 nitrogen and oxygen atoms in total. The van der Waals surface area contributed by atoms with Crippen molar-refractivity contribution in [1.29, 1.82) is 0 Å². The molecule has 0 aliphatic carbocycles. The summed E-state index contributed by atoms with van der Waals surface area (Å²) in [5.41, 5.74) is -0.274. The van der Waals surface area contributed by atoms with Crippen LogP contribution in [0.2, 0.25) is 0 Å². The van der Waals surface area contributed by atoms with Crippen molar-refractivity contribution in [1.82, 2.24) is 0 Å². The van der Waals surface area contributed by atoms with Crippen LogP contribution in [-0.2, 0) is 16.0 Å². The van der Waals surface area contributed by atoms with Gasteiger partial charge in [-0.05, 0) is 18.6 Å². The fourth-order valence-corrected chi connectivity index (χ4v) is 1.35. The van der Waals surface area contributed by atoms with E-state index in [0.29, 0.717) is 0 Å². The Hall–Kier alpha value is -1.78. The molecule has 0 atom stereocenters. The lowest BCUT2D eigenvalue weighted by molar-refractivity contribution is -0.139. The van der Waals surface area contributed by atoms with Gasteiger partial charge in [-0.25, -0.2) is 8.78 Å². The number of carbonyl (C=O) groups excluding carboxylic acids is 2. The van der Waals surface area contributed by atoms with E-state index in [1.807, 2.05) is 0 Å². The Labute approximate surface area is 91.0 Å². The van der Waals surface area contributed by atoms with E-state index in [0.717, 1.165) is 13.0 Å². The first-order chi connectivity index (χ1) is 7.47. The standard InChI is InChI=1S/C11H10F2O3/c1-6(14)10-7(5-9(15)16-2)3-4-8(12)11(10)13/h3-4H,5H2,1-2H3. The van der Waals surface area contributed by atoms with Crippen LogP contribution in [0.15, 0.2) is 12.1 Å². The van der Waals surface area contributed by atoms with Crippen molar-refractivity contribution in [2.24, 2.45) is 0 Å². The molecule has 0 fully saturated rings. The number of carbonyl (C=O) groups is 2. The first-order valence-corrected chi connectivity index (χ1v) is 4.52. The summed E-state index contributed by atoms with van der Waals surface area (Å²) < 4.78 is 30.6. The molecule has 1 aromatic carbocycles. The first kappa shape index (κ1) is 12.3. The van der Waals surface area contributed by atoms with Crippen LogP contribution < -0.4 is 0 Å². The molecule has 1 aromatic rings. The number of esters is 1. The molecule has 0 amide bonds. The van der Waals surface area contributed by atoms with Gasteiger partial charge in [0, 0.05) is 0 Å². The highest BCUT2D eigenvalue weighted by Crippen LogP contribution is 2.18. The Kier molecular flexibility index (Phi) is 3.71. The van der Waals surface area contributed by atoms with Crippen molar-refractivity contribution < 1.29 is 23.1 Å². The third-order valence-corrected chi connectivity index (χ3v) is 2.10. The number of halogens is 2. The number of hydrogen-bond donors (Lipinski definition) is 0. The van der Waals surface area contributed by atoms with E-state index in [4.69, 9.17) is 0 Å². The molecule has 16 heavy (non-hydrogen) atoms. The highest BCUT2D eigenvalue weighted by atomic mass is 19.2. The van der Waals surface area contributed by atoms with Crippen LogP contribution in [0.4, 0.5) is 8.78 Å².